The molecule has 2 nitrogen and oxygen atoms in total. The van der Waals surface area contributed by atoms with E-state index in [1.807, 2.05) is 5.01 Å². The van der Waals surface area contributed by atoms with Crippen LogP contribution in [0, 0.1) is 0 Å². The van der Waals surface area contributed by atoms with E-state index in [-0.39, 0.29) is 4.71 Å². The first-order valence-corrected chi connectivity index (χ1v) is 5.47. The van der Waals surface area contributed by atoms with Crippen LogP contribution in [0.4, 0.5) is 0 Å². The fourth-order valence-electron chi connectivity index (χ4n) is 0.819. The van der Waals surface area contributed by atoms with Crippen LogP contribution in [0.25, 0.3) is 0 Å². The molecule has 0 aromatic rings. The molecule has 1 heterocycles. The predicted molar refractivity (Wildman–Crippen MR) is 58.4 cm³/mol. The van der Waals surface area contributed by atoms with Gasteiger partial charge >= 0.3 is 0 Å². The zero-order chi connectivity index (χ0) is 8.27. The molecule has 64 valence electrons. The second-order valence-corrected chi connectivity index (χ2v) is 4.98. The summed E-state index contributed by atoms with van der Waals surface area (Å²) in [5.74, 6) is 0. The minimum Gasteiger partial charge on any atom is -0.272 e. The lowest BCUT2D eigenvalue weighted by Crippen LogP contribution is -2.20. The molecule has 1 aliphatic heterocycles. The molecule has 1 unspecified atom stereocenters. The van der Waals surface area contributed by atoms with Gasteiger partial charge in [0.1, 0.15) is 9.08 Å². The molecule has 0 saturated heterocycles. The van der Waals surface area contributed by atoms with Gasteiger partial charge < -0.3 is 0 Å². The Balaban J connectivity index is 2.33. The van der Waals surface area contributed by atoms with Gasteiger partial charge in [0, 0.05) is 6.54 Å². The second-order valence-electron chi connectivity index (χ2n) is 2.34. The number of rotatable bonds is 3. The summed E-state index contributed by atoms with van der Waals surface area (Å²) in [5.41, 5.74) is 0. The molecule has 0 spiro atoms. The van der Waals surface area contributed by atoms with Gasteiger partial charge in [-0.25, -0.2) is 0 Å². The smallest absolute Gasteiger partial charge is 0.149 e. The van der Waals surface area contributed by atoms with E-state index in [0.717, 1.165) is 10.9 Å². The summed E-state index contributed by atoms with van der Waals surface area (Å²) < 4.78 is 0.996. The average molecular weight is 208 g/mol. The Morgan fingerprint density at radius 1 is 1.73 bits per heavy atom. The van der Waals surface area contributed by atoms with E-state index in [0.29, 0.717) is 0 Å². The van der Waals surface area contributed by atoms with Gasteiger partial charge in [-0.05, 0) is 6.42 Å². The number of unbranched alkanes of at least 4 members (excludes halogenated alkanes) is 1. The third-order valence-corrected chi connectivity index (χ3v) is 3.16. The molecule has 0 fully saturated rings. The Kier molecular flexibility index (Phi) is 3.95. The Morgan fingerprint density at radius 2 is 2.45 bits per heavy atom. The molecule has 11 heavy (non-hydrogen) atoms. The summed E-state index contributed by atoms with van der Waals surface area (Å²) >= 11 is 10.1. The van der Waals surface area contributed by atoms with Crippen LogP contribution in [-0.2, 0) is 0 Å². The van der Waals surface area contributed by atoms with Crippen LogP contribution >= 0.6 is 37.0 Å². The molecule has 0 amide bonds. The molecule has 0 N–H and O–H groups in total. The number of thiol groups is 2. The summed E-state index contributed by atoms with van der Waals surface area (Å²) in [6.45, 7) is 3.16. The van der Waals surface area contributed by atoms with Gasteiger partial charge in [0.2, 0.25) is 0 Å². The molecule has 0 aliphatic carbocycles. The van der Waals surface area contributed by atoms with Crippen molar-refractivity contribution < 1.29 is 0 Å². The fraction of sp³-hybridized carbons (Fsp3) is 0.833. The van der Waals surface area contributed by atoms with Crippen molar-refractivity contribution in [3.8, 4) is 0 Å². The molecule has 0 bridgehead atoms. The van der Waals surface area contributed by atoms with Crippen molar-refractivity contribution in [1.82, 2.24) is 5.01 Å². The van der Waals surface area contributed by atoms with Crippen LogP contribution in [0.15, 0.2) is 5.10 Å². The Morgan fingerprint density at radius 3 is 2.91 bits per heavy atom. The highest BCUT2D eigenvalue weighted by molar-refractivity contribution is 8.35. The van der Waals surface area contributed by atoms with Crippen molar-refractivity contribution in [2.45, 2.75) is 24.5 Å². The molecule has 0 saturated carbocycles. The van der Waals surface area contributed by atoms with Gasteiger partial charge in [-0.1, -0.05) is 25.1 Å². The fourth-order valence-corrected chi connectivity index (χ4v) is 2.56. The number of nitrogens with zero attached hydrogens (tertiary/aromatic N) is 2. The van der Waals surface area contributed by atoms with Crippen LogP contribution in [-0.4, -0.2) is 20.6 Å². The average Bonchev–Trinajstić information content (AvgIpc) is 2.26. The number of thioether (sulfide) groups is 1. The van der Waals surface area contributed by atoms with Gasteiger partial charge in [0.15, 0.2) is 0 Å². The van der Waals surface area contributed by atoms with Gasteiger partial charge in [-0.3, -0.25) is 5.01 Å². The highest BCUT2D eigenvalue weighted by atomic mass is 32.2. The molecule has 1 aliphatic rings. The summed E-state index contributed by atoms with van der Waals surface area (Å²) in [7, 11) is 0. The highest BCUT2D eigenvalue weighted by Crippen LogP contribution is 2.29. The summed E-state index contributed by atoms with van der Waals surface area (Å²) in [4.78, 5) is 0. The SMILES string of the molecule is CCCCN1N=C(S)SC1S. The van der Waals surface area contributed by atoms with Gasteiger partial charge in [0.25, 0.3) is 0 Å². The third kappa shape index (κ3) is 2.80. The molecule has 5 heteroatoms. The lowest BCUT2D eigenvalue weighted by Gasteiger charge is -2.16. The lowest BCUT2D eigenvalue weighted by molar-refractivity contribution is 0.324. The number of hydrazone groups is 1. The van der Waals surface area contributed by atoms with Gasteiger partial charge in [0.05, 0.1) is 0 Å². The van der Waals surface area contributed by atoms with E-state index < -0.39 is 0 Å². The maximum atomic E-state index is 4.34. The van der Waals surface area contributed by atoms with E-state index in [9.17, 15) is 0 Å². The van der Waals surface area contributed by atoms with E-state index in [1.54, 1.807) is 11.8 Å². The molecule has 0 aromatic heterocycles. The second kappa shape index (κ2) is 4.52. The lowest BCUT2D eigenvalue weighted by atomic mass is 10.3. The zero-order valence-corrected chi connectivity index (χ0v) is 9.00. The Hall–Kier alpha value is 0.520. The van der Waals surface area contributed by atoms with Gasteiger partial charge in [-0.2, -0.15) is 5.10 Å². The van der Waals surface area contributed by atoms with E-state index in [4.69, 9.17) is 0 Å². The van der Waals surface area contributed by atoms with E-state index >= 15 is 0 Å². The Bertz CT molecular complexity index is 160. The maximum absolute atomic E-state index is 4.34. The van der Waals surface area contributed by atoms with Crippen molar-refractivity contribution in [3.63, 3.8) is 0 Å². The normalized spacial score (nSPS) is 24.1. The Labute approximate surface area is 82.6 Å². The number of hydrogen-bond acceptors (Lipinski definition) is 4. The predicted octanol–water partition coefficient (Wildman–Crippen LogP) is 2.25. The summed E-state index contributed by atoms with van der Waals surface area (Å²) in [6, 6.07) is 0. The molecular formula is C6H12N2S3. The molecule has 1 atom stereocenters. The van der Waals surface area contributed by atoms with Crippen molar-refractivity contribution in [2.24, 2.45) is 5.10 Å². The highest BCUT2D eigenvalue weighted by Gasteiger charge is 2.20. The number of hydrogen-bond donors (Lipinski definition) is 2. The molecule has 0 aromatic carbocycles. The van der Waals surface area contributed by atoms with Crippen LogP contribution in [0.2, 0.25) is 0 Å². The minimum absolute atomic E-state index is 0.175. The largest absolute Gasteiger partial charge is 0.272 e. The first-order chi connectivity index (χ1) is 5.24. The molecular weight excluding hydrogens is 196 g/mol. The maximum Gasteiger partial charge on any atom is 0.149 e. The van der Waals surface area contributed by atoms with Gasteiger partial charge in [-0.15, -0.1) is 25.3 Å². The van der Waals surface area contributed by atoms with E-state index in [1.165, 1.54) is 12.8 Å². The third-order valence-electron chi connectivity index (χ3n) is 1.42. The van der Waals surface area contributed by atoms with Crippen molar-refractivity contribution in [1.29, 1.82) is 0 Å². The van der Waals surface area contributed by atoms with Crippen LogP contribution < -0.4 is 0 Å². The monoisotopic (exact) mass is 208 g/mol. The molecule has 0 radical (unpaired) electrons. The topological polar surface area (TPSA) is 15.6 Å². The molecule has 1 rings (SSSR count). The standard InChI is InChI=1S/C6H12N2S3/c1-2-3-4-8-6(10)11-5(9)7-8/h6,10H,2-4H2,1H3,(H,7,9). The summed E-state index contributed by atoms with van der Waals surface area (Å²) in [5, 5.41) is 6.18. The first-order valence-electron chi connectivity index (χ1n) is 3.63. The van der Waals surface area contributed by atoms with Crippen molar-refractivity contribution in [2.75, 3.05) is 6.54 Å². The quantitative estimate of drug-likeness (QED) is 0.692. The minimum atomic E-state index is 0.175. The first kappa shape index (κ1) is 9.61. The zero-order valence-electron chi connectivity index (χ0n) is 6.40. The van der Waals surface area contributed by atoms with Crippen molar-refractivity contribution >= 4 is 41.4 Å². The summed E-state index contributed by atoms with van der Waals surface area (Å²) in [6.07, 6.45) is 2.36. The van der Waals surface area contributed by atoms with E-state index in [2.05, 4.69) is 37.3 Å². The van der Waals surface area contributed by atoms with Crippen LogP contribution in [0.5, 0.6) is 0 Å². The van der Waals surface area contributed by atoms with Crippen molar-refractivity contribution in [3.05, 3.63) is 0 Å². The van der Waals surface area contributed by atoms with Crippen LogP contribution in [0.1, 0.15) is 19.8 Å². The van der Waals surface area contributed by atoms with Crippen LogP contribution in [0.3, 0.4) is 0 Å².